The molecule has 1 N–H and O–H groups in total. The highest BCUT2D eigenvalue weighted by Crippen LogP contribution is 2.28. The lowest BCUT2D eigenvalue weighted by Crippen LogP contribution is -2.18. The first-order valence-electron chi connectivity index (χ1n) is 9.77. The maximum atomic E-state index is 13.0. The molecule has 0 aliphatic carbocycles. The van der Waals surface area contributed by atoms with Crippen molar-refractivity contribution in [2.75, 3.05) is 7.11 Å². The zero-order valence-corrected chi connectivity index (χ0v) is 18.1. The maximum absolute atomic E-state index is 13.0. The Morgan fingerprint density at radius 2 is 1.82 bits per heavy atom. The monoisotopic (exact) mass is 460 g/mol. The number of carbonyl (C=O) groups excluding carboxylic acids is 1. The average Bonchev–Trinajstić information content (AvgIpc) is 2.83. The van der Waals surface area contributed by atoms with Crippen LogP contribution in [0.5, 0.6) is 5.75 Å². The number of methoxy groups -OCH3 is 1. The van der Waals surface area contributed by atoms with Gasteiger partial charge in [-0.25, -0.2) is 10.4 Å². The molecule has 0 saturated heterocycles. The molecular weight excluding hydrogens is 444 g/mol. The minimum Gasteiger partial charge on any atom is -0.497 e. The number of non-ortho nitro benzene ring substituents is 1. The van der Waals surface area contributed by atoms with E-state index in [1.165, 1.54) is 30.5 Å². The number of amides is 1. The molecule has 0 atom stereocenters. The summed E-state index contributed by atoms with van der Waals surface area (Å²) in [6, 6.07) is 20.0. The molecular formula is C24H17ClN4O4. The first-order chi connectivity index (χ1) is 15.9. The van der Waals surface area contributed by atoms with Gasteiger partial charge in [0.25, 0.3) is 11.6 Å². The first kappa shape index (κ1) is 21.9. The Bertz CT molecular complexity index is 1370. The average molecular weight is 461 g/mol. The number of hydrogen-bond acceptors (Lipinski definition) is 6. The van der Waals surface area contributed by atoms with Crippen LogP contribution in [-0.4, -0.2) is 29.1 Å². The molecule has 1 amide bonds. The summed E-state index contributed by atoms with van der Waals surface area (Å²) in [5.74, 6) is 0.266. The second kappa shape index (κ2) is 9.46. The van der Waals surface area contributed by atoms with Crippen LogP contribution in [0, 0.1) is 10.1 Å². The van der Waals surface area contributed by atoms with Gasteiger partial charge in [-0.3, -0.25) is 14.9 Å². The van der Waals surface area contributed by atoms with Crippen LogP contribution >= 0.6 is 11.6 Å². The van der Waals surface area contributed by atoms with E-state index in [4.69, 9.17) is 16.3 Å². The van der Waals surface area contributed by atoms with Gasteiger partial charge >= 0.3 is 0 Å². The SMILES string of the molecule is COc1ccc(-c2cc(C(=O)N/N=C\c3ccc([N+](=O)[O-])cc3)c3cc(Cl)ccc3n2)cc1. The summed E-state index contributed by atoms with van der Waals surface area (Å²) in [6.07, 6.45) is 1.41. The number of aromatic nitrogens is 1. The summed E-state index contributed by atoms with van der Waals surface area (Å²) in [4.78, 5) is 27.9. The second-order valence-corrected chi connectivity index (χ2v) is 7.43. The minimum absolute atomic E-state index is 0.0256. The van der Waals surface area contributed by atoms with E-state index in [-0.39, 0.29) is 5.69 Å². The van der Waals surface area contributed by atoms with Gasteiger partial charge in [-0.15, -0.1) is 0 Å². The van der Waals surface area contributed by atoms with Crippen LogP contribution in [0.2, 0.25) is 5.02 Å². The highest BCUT2D eigenvalue weighted by atomic mass is 35.5. The Hall–Kier alpha value is -4.30. The van der Waals surface area contributed by atoms with Gasteiger partial charge in [0.2, 0.25) is 0 Å². The van der Waals surface area contributed by atoms with Crippen molar-refractivity contribution in [1.29, 1.82) is 0 Å². The molecule has 0 fully saturated rings. The molecule has 9 heteroatoms. The first-order valence-corrected chi connectivity index (χ1v) is 10.1. The summed E-state index contributed by atoms with van der Waals surface area (Å²) < 4.78 is 5.20. The van der Waals surface area contributed by atoms with Crippen LogP contribution in [0.3, 0.4) is 0 Å². The van der Waals surface area contributed by atoms with Crippen LogP contribution in [0.4, 0.5) is 5.69 Å². The molecule has 3 aromatic carbocycles. The van der Waals surface area contributed by atoms with Crippen molar-refractivity contribution >= 4 is 40.3 Å². The summed E-state index contributed by atoms with van der Waals surface area (Å²) in [5, 5.41) is 15.8. The topological polar surface area (TPSA) is 107 Å². The van der Waals surface area contributed by atoms with E-state index >= 15 is 0 Å². The zero-order chi connectivity index (χ0) is 23.4. The molecule has 0 radical (unpaired) electrons. The number of hydrogen-bond donors (Lipinski definition) is 1. The van der Waals surface area contributed by atoms with Crippen molar-refractivity contribution in [2.45, 2.75) is 0 Å². The molecule has 164 valence electrons. The maximum Gasteiger partial charge on any atom is 0.272 e. The van der Waals surface area contributed by atoms with Crippen molar-refractivity contribution in [3.63, 3.8) is 0 Å². The van der Waals surface area contributed by atoms with Gasteiger partial charge < -0.3 is 4.74 Å². The van der Waals surface area contributed by atoms with Gasteiger partial charge in [-0.05, 0) is 66.2 Å². The number of hydrazone groups is 1. The fourth-order valence-electron chi connectivity index (χ4n) is 3.20. The minimum atomic E-state index is -0.483. The Kier molecular flexibility index (Phi) is 6.28. The molecule has 0 aliphatic rings. The number of rotatable bonds is 6. The molecule has 0 unspecified atom stereocenters. The Morgan fingerprint density at radius 3 is 2.48 bits per heavy atom. The second-order valence-electron chi connectivity index (χ2n) is 6.99. The normalized spacial score (nSPS) is 11.0. The Balaban J connectivity index is 1.65. The number of halogens is 1. The van der Waals surface area contributed by atoms with Gasteiger partial charge in [0, 0.05) is 28.1 Å². The molecule has 0 spiro atoms. The highest BCUT2D eigenvalue weighted by molar-refractivity contribution is 6.31. The van der Waals surface area contributed by atoms with Crippen molar-refractivity contribution in [1.82, 2.24) is 10.4 Å². The summed E-state index contributed by atoms with van der Waals surface area (Å²) in [7, 11) is 1.59. The number of fused-ring (bicyclic) bond motifs is 1. The molecule has 0 aliphatic heterocycles. The predicted molar refractivity (Wildman–Crippen MR) is 127 cm³/mol. The van der Waals surface area contributed by atoms with E-state index in [2.05, 4.69) is 15.5 Å². The van der Waals surface area contributed by atoms with Gasteiger partial charge in [-0.1, -0.05) is 11.6 Å². The lowest BCUT2D eigenvalue weighted by atomic mass is 10.0. The molecule has 0 bridgehead atoms. The quantitative estimate of drug-likeness (QED) is 0.240. The van der Waals surface area contributed by atoms with Crippen molar-refractivity contribution < 1.29 is 14.5 Å². The fourth-order valence-corrected chi connectivity index (χ4v) is 3.38. The van der Waals surface area contributed by atoms with Gasteiger partial charge in [0.05, 0.1) is 35.0 Å². The van der Waals surface area contributed by atoms with Gasteiger partial charge in [0.1, 0.15) is 5.75 Å². The van der Waals surface area contributed by atoms with Crippen molar-refractivity contribution in [3.05, 3.63) is 99.1 Å². The molecule has 1 heterocycles. The van der Waals surface area contributed by atoms with Crippen LogP contribution in [0.25, 0.3) is 22.2 Å². The van der Waals surface area contributed by atoms with E-state index in [9.17, 15) is 14.9 Å². The van der Waals surface area contributed by atoms with Crippen LogP contribution in [0.15, 0.2) is 77.9 Å². The van der Waals surface area contributed by atoms with Crippen molar-refractivity contribution in [3.8, 4) is 17.0 Å². The zero-order valence-electron chi connectivity index (χ0n) is 17.4. The molecule has 0 saturated carbocycles. The molecule has 8 nitrogen and oxygen atoms in total. The number of carbonyl (C=O) groups is 1. The summed E-state index contributed by atoms with van der Waals surface area (Å²) in [5.41, 5.74) is 5.46. The third kappa shape index (κ3) is 4.97. The van der Waals surface area contributed by atoms with E-state index in [0.29, 0.717) is 38.5 Å². The van der Waals surface area contributed by atoms with E-state index in [1.54, 1.807) is 31.4 Å². The van der Waals surface area contributed by atoms with E-state index in [0.717, 1.165) is 5.56 Å². The number of ether oxygens (including phenoxy) is 1. The third-order valence-electron chi connectivity index (χ3n) is 4.88. The van der Waals surface area contributed by atoms with Gasteiger partial charge in [-0.2, -0.15) is 5.10 Å². The fraction of sp³-hybridized carbons (Fsp3) is 0.0417. The van der Waals surface area contributed by atoms with Crippen LogP contribution in [0.1, 0.15) is 15.9 Å². The summed E-state index contributed by atoms with van der Waals surface area (Å²) >= 11 is 6.15. The number of pyridine rings is 1. The summed E-state index contributed by atoms with van der Waals surface area (Å²) in [6.45, 7) is 0. The smallest absolute Gasteiger partial charge is 0.272 e. The van der Waals surface area contributed by atoms with Gasteiger partial charge in [0.15, 0.2) is 0 Å². The molecule has 4 aromatic rings. The van der Waals surface area contributed by atoms with Crippen LogP contribution in [-0.2, 0) is 0 Å². The van der Waals surface area contributed by atoms with Crippen LogP contribution < -0.4 is 10.2 Å². The van der Waals surface area contributed by atoms with E-state index < -0.39 is 10.8 Å². The number of nitrogens with zero attached hydrogens (tertiary/aromatic N) is 3. The number of nitro benzene ring substituents is 1. The number of nitrogens with one attached hydrogen (secondary N) is 1. The van der Waals surface area contributed by atoms with Crippen molar-refractivity contribution in [2.24, 2.45) is 5.10 Å². The number of nitro groups is 1. The molecule has 1 aromatic heterocycles. The predicted octanol–water partition coefficient (Wildman–Crippen LogP) is 5.24. The van der Waals surface area contributed by atoms with E-state index in [1.807, 2.05) is 24.3 Å². The molecule has 4 rings (SSSR count). The largest absolute Gasteiger partial charge is 0.497 e. The lowest BCUT2D eigenvalue weighted by molar-refractivity contribution is -0.384. The Morgan fingerprint density at radius 1 is 1.09 bits per heavy atom. The number of benzene rings is 3. The lowest BCUT2D eigenvalue weighted by Gasteiger charge is -2.10. The standard InChI is InChI=1S/C24H17ClN4O4/c1-33-19-9-4-16(5-10-19)23-13-21(20-12-17(25)6-11-22(20)27-23)24(30)28-26-14-15-2-7-18(8-3-15)29(31)32/h2-14H,1H3,(H,28,30)/b26-14-. The molecule has 33 heavy (non-hydrogen) atoms. The third-order valence-corrected chi connectivity index (χ3v) is 5.12. The Labute approximate surface area is 193 Å². The highest BCUT2D eigenvalue weighted by Gasteiger charge is 2.14.